The largest absolute Gasteiger partial charge is 0.368 e. The van der Waals surface area contributed by atoms with E-state index >= 15 is 0 Å². The minimum Gasteiger partial charge on any atom is -0.368 e. The fourth-order valence-corrected chi connectivity index (χ4v) is 1.14. The van der Waals surface area contributed by atoms with E-state index < -0.39 is 23.9 Å². The van der Waals surface area contributed by atoms with Crippen LogP contribution in [0.5, 0.6) is 0 Å². The Kier molecular flexibility index (Phi) is 5.91. The van der Waals surface area contributed by atoms with Gasteiger partial charge in [0.15, 0.2) is 0 Å². The molecule has 0 rings (SSSR count). The van der Waals surface area contributed by atoms with Gasteiger partial charge in [-0.3, -0.25) is 9.59 Å². The molecule has 0 aromatic rings. The highest BCUT2D eigenvalue weighted by molar-refractivity contribution is 5.89. The maximum atomic E-state index is 11.6. The van der Waals surface area contributed by atoms with Crippen molar-refractivity contribution in [1.29, 1.82) is 0 Å². The molecule has 0 bridgehead atoms. The quantitative estimate of drug-likeness (QED) is 0.451. The predicted molar refractivity (Wildman–Crippen MR) is 58.2 cm³/mol. The number of carbonyl (C=O) groups is 3. The molecule has 0 aliphatic heterocycles. The van der Waals surface area contributed by atoms with Gasteiger partial charge in [-0.1, -0.05) is 20.3 Å². The van der Waals surface area contributed by atoms with E-state index in [0.29, 0.717) is 6.42 Å². The Balaban J connectivity index is 4.43. The lowest BCUT2D eigenvalue weighted by Crippen LogP contribution is -2.52. The summed E-state index contributed by atoms with van der Waals surface area (Å²) in [6.07, 6.45) is 0.689. The van der Waals surface area contributed by atoms with Crippen LogP contribution in [0.25, 0.3) is 0 Å². The van der Waals surface area contributed by atoms with Crippen molar-refractivity contribution in [3.05, 3.63) is 0 Å². The van der Waals surface area contributed by atoms with Gasteiger partial charge in [-0.25, -0.2) is 4.79 Å². The normalized spacial score (nSPS) is 13.6. The van der Waals surface area contributed by atoms with E-state index in [4.69, 9.17) is 11.5 Å². The highest BCUT2D eigenvalue weighted by Crippen LogP contribution is 2.07. The van der Waals surface area contributed by atoms with Crippen LogP contribution in [0.3, 0.4) is 0 Å². The predicted octanol–water partition coefficient (Wildman–Crippen LogP) is -1.33. The number of amides is 4. The van der Waals surface area contributed by atoms with Crippen molar-refractivity contribution >= 4 is 17.8 Å². The van der Waals surface area contributed by atoms with Crippen LogP contribution in [0, 0.1) is 5.92 Å². The van der Waals surface area contributed by atoms with Crippen molar-refractivity contribution in [2.45, 2.75) is 26.3 Å². The molecule has 2 unspecified atom stereocenters. The van der Waals surface area contributed by atoms with Crippen molar-refractivity contribution < 1.29 is 14.4 Å². The van der Waals surface area contributed by atoms with E-state index in [1.165, 1.54) is 0 Å². The highest BCUT2D eigenvalue weighted by Gasteiger charge is 2.24. The Morgan fingerprint density at radius 1 is 1.25 bits per heavy atom. The number of rotatable bonds is 6. The number of hydrogen-bond acceptors (Lipinski definition) is 3. The topological polar surface area (TPSA) is 127 Å². The molecule has 4 amide bonds. The van der Waals surface area contributed by atoms with E-state index in [-0.39, 0.29) is 12.5 Å². The second-order valence-corrected chi connectivity index (χ2v) is 3.56. The van der Waals surface area contributed by atoms with Gasteiger partial charge in [-0.05, 0) is 5.92 Å². The fraction of sp³-hybridized carbons (Fsp3) is 0.667. The summed E-state index contributed by atoms with van der Waals surface area (Å²) >= 11 is 0. The fourth-order valence-electron chi connectivity index (χ4n) is 1.14. The van der Waals surface area contributed by atoms with Crippen molar-refractivity contribution in [1.82, 2.24) is 10.6 Å². The summed E-state index contributed by atoms with van der Waals surface area (Å²) in [6.45, 7) is 3.42. The number of urea groups is 1. The van der Waals surface area contributed by atoms with Gasteiger partial charge in [0.05, 0.1) is 6.54 Å². The zero-order valence-electron chi connectivity index (χ0n) is 9.45. The molecule has 0 saturated heterocycles. The summed E-state index contributed by atoms with van der Waals surface area (Å²) in [7, 11) is 0. The average Bonchev–Trinajstić information content (AvgIpc) is 2.21. The first kappa shape index (κ1) is 14.2. The molecule has 0 fully saturated rings. The lowest BCUT2D eigenvalue weighted by molar-refractivity contribution is -0.126. The van der Waals surface area contributed by atoms with Gasteiger partial charge in [-0.2, -0.15) is 0 Å². The molecule has 0 heterocycles. The summed E-state index contributed by atoms with van der Waals surface area (Å²) in [5.74, 6) is -1.19. The third kappa shape index (κ3) is 5.18. The summed E-state index contributed by atoms with van der Waals surface area (Å²) in [5.41, 5.74) is 9.84. The van der Waals surface area contributed by atoms with E-state index in [0.717, 1.165) is 0 Å². The van der Waals surface area contributed by atoms with Crippen LogP contribution < -0.4 is 22.1 Å². The molecule has 0 aromatic carbocycles. The number of nitrogens with one attached hydrogen (secondary N) is 2. The first-order valence-corrected chi connectivity index (χ1v) is 5.00. The van der Waals surface area contributed by atoms with E-state index in [2.05, 4.69) is 10.6 Å². The molecule has 0 radical (unpaired) electrons. The Hall–Kier alpha value is -1.79. The van der Waals surface area contributed by atoms with Gasteiger partial charge in [0.2, 0.25) is 11.8 Å². The van der Waals surface area contributed by atoms with Crippen molar-refractivity contribution in [3.8, 4) is 0 Å². The van der Waals surface area contributed by atoms with Gasteiger partial charge in [0, 0.05) is 0 Å². The van der Waals surface area contributed by atoms with Crippen LogP contribution in [0.1, 0.15) is 20.3 Å². The minimum absolute atomic E-state index is 0.0830. The summed E-state index contributed by atoms with van der Waals surface area (Å²) in [5, 5.41) is 4.65. The maximum Gasteiger partial charge on any atom is 0.312 e. The number of nitrogens with two attached hydrogens (primary N) is 2. The van der Waals surface area contributed by atoms with E-state index in [1.54, 1.807) is 6.92 Å². The molecule has 16 heavy (non-hydrogen) atoms. The summed E-state index contributed by atoms with van der Waals surface area (Å²) < 4.78 is 0. The Morgan fingerprint density at radius 3 is 2.19 bits per heavy atom. The molecule has 0 spiro atoms. The smallest absolute Gasteiger partial charge is 0.312 e. The highest BCUT2D eigenvalue weighted by atomic mass is 16.2. The van der Waals surface area contributed by atoms with E-state index in [1.807, 2.05) is 6.92 Å². The molecule has 7 heteroatoms. The van der Waals surface area contributed by atoms with Gasteiger partial charge >= 0.3 is 6.03 Å². The molecule has 92 valence electrons. The number of carbonyl (C=O) groups excluding carboxylic acids is 3. The van der Waals surface area contributed by atoms with Crippen LogP contribution in [0.4, 0.5) is 4.79 Å². The molecule has 0 aliphatic carbocycles. The molecular weight excluding hydrogens is 212 g/mol. The van der Waals surface area contributed by atoms with Crippen molar-refractivity contribution in [2.75, 3.05) is 6.54 Å². The Morgan fingerprint density at radius 2 is 1.81 bits per heavy atom. The Bertz CT molecular complexity index is 280. The van der Waals surface area contributed by atoms with Gasteiger partial charge in [0.1, 0.15) is 6.04 Å². The molecular formula is C9H18N4O3. The van der Waals surface area contributed by atoms with Gasteiger partial charge < -0.3 is 22.1 Å². The average molecular weight is 230 g/mol. The first-order chi connectivity index (χ1) is 7.38. The van der Waals surface area contributed by atoms with Crippen molar-refractivity contribution in [2.24, 2.45) is 17.4 Å². The van der Waals surface area contributed by atoms with Crippen LogP contribution in [0.15, 0.2) is 0 Å². The molecule has 2 atom stereocenters. The molecule has 0 aromatic heterocycles. The zero-order valence-corrected chi connectivity index (χ0v) is 9.45. The minimum atomic E-state index is -0.778. The maximum absolute atomic E-state index is 11.6. The molecule has 0 aliphatic rings. The SMILES string of the molecule is CCC(C)C(NC(N)=O)C(=O)NCC(N)=O. The third-order valence-electron chi connectivity index (χ3n) is 2.23. The second-order valence-electron chi connectivity index (χ2n) is 3.56. The van der Waals surface area contributed by atoms with E-state index in [9.17, 15) is 14.4 Å². The van der Waals surface area contributed by atoms with Crippen molar-refractivity contribution in [3.63, 3.8) is 0 Å². The van der Waals surface area contributed by atoms with Crippen LogP contribution in [-0.2, 0) is 9.59 Å². The lowest BCUT2D eigenvalue weighted by Gasteiger charge is -2.22. The number of hydrogen-bond donors (Lipinski definition) is 4. The van der Waals surface area contributed by atoms with Crippen LogP contribution in [0.2, 0.25) is 0 Å². The lowest BCUT2D eigenvalue weighted by atomic mass is 9.98. The summed E-state index contributed by atoms with van der Waals surface area (Å²) in [6, 6.07) is -1.53. The van der Waals surface area contributed by atoms with Crippen LogP contribution in [-0.4, -0.2) is 30.4 Å². The number of primary amides is 2. The monoisotopic (exact) mass is 230 g/mol. The van der Waals surface area contributed by atoms with Gasteiger partial charge in [0.25, 0.3) is 0 Å². The van der Waals surface area contributed by atoms with Crippen LogP contribution >= 0.6 is 0 Å². The first-order valence-electron chi connectivity index (χ1n) is 5.00. The third-order valence-corrected chi connectivity index (χ3v) is 2.23. The Labute approximate surface area is 93.9 Å². The standard InChI is InChI=1S/C9H18N4O3/c1-3-5(2)7(13-9(11)16)8(15)12-4-6(10)14/h5,7H,3-4H2,1-2H3,(H2,10,14)(H,12,15)(H3,11,13,16). The molecule has 7 nitrogen and oxygen atoms in total. The van der Waals surface area contributed by atoms with Gasteiger partial charge in [-0.15, -0.1) is 0 Å². The summed E-state index contributed by atoms with van der Waals surface area (Å²) in [4.78, 5) is 32.8. The second kappa shape index (κ2) is 6.65. The zero-order chi connectivity index (χ0) is 12.7. The molecule has 0 saturated carbocycles. The molecule has 6 N–H and O–H groups in total.